The van der Waals surface area contributed by atoms with Gasteiger partial charge in [0.1, 0.15) is 0 Å². The van der Waals surface area contributed by atoms with Crippen molar-refractivity contribution < 1.29 is 13.2 Å². The van der Waals surface area contributed by atoms with Crippen molar-refractivity contribution in [3.8, 4) is 0 Å². The van der Waals surface area contributed by atoms with Crippen molar-refractivity contribution in [2.75, 3.05) is 0 Å². The third-order valence-corrected chi connectivity index (χ3v) is 2.34. The third kappa shape index (κ3) is 2.52. The molecule has 0 unspecified atom stereocenters. The zero-order valence-electron chi connectivity index (χ0n) is 6.59. The highest BCUT2D eigenvalue weighted by Gasteiger charge is 2.30. The molecule has 0 atom stereocenters. The van der Waals surface area contributed by atoms with E-state index in [-0.39, 0.29) is 5.69 Å². The van der Waals surface area contributed by atoms with E-state index < -0.39 is 11.7 Å². The maximum atomic E-state index is 12.2. The van der Waals surface area contributed by atoms with Crippen LogP contribution in [0.2, 0.25) is 0 Å². The average Bonchev–Trinajstić information content (AvgIpc) is 2.07. The maximum absolute atomic E-state index is 12.2. The van der Waals surface area contributed by atoms with Gasteiger partial charge in [0.15, 0.2) is 0 Å². The number of azide groups is 1. The summed E-state index contributed by atoms with van der Waals surface area (Å²) in [6.45, 7) is 0. The van der Waals surface area contributed by atoms with E-state index in [1.807, 2.05) is 0 Å². The summed E-state index contributed by atoms with van der Waals surface area (Å²) in [5.41, 5.74) is 7.28. The summed E-state index contributed by atoms with van der Waals surface area (Å²) in [6.07, 6.45) is -4.41. The number of nitrogens with zero attached hydrogens (tertiary/aromatic N) is 3. The highest BCUT2D eigenvalue weighted by molar-refractivity contribution is 14.1. The van der Waals surface area contributed by atoms with Gasteiger partial charge < -0.3 is 0 Å². The van der Waals surface area contributed by atoms with Gasteiger partial charge in [0.05, 0.1) is 11.3 Å². The van der Waals surface area contributed by atoms with Gasteiger partial charge in [0, 0.05) is 8.48 Å². The Hall–Kier alpha value is -0.950. The molecule has 3 nitrogen and oxygen atoms in total. The van der Waals surface area contributed by atoms with Crippen molar-refractivity contribution in [3.63, 3.8) is 0 Å². The molecule has 0 aliphatic heterocycles. The molecule has 0 bridgehead atoms. The monoisotopic (exact) mass is 313 g/mol. The molecule has 0 saturated heterocycles. The van der Waals surface area contributed by atoms with E-state index in [2.05, 4.69) is 10.0 Å². The van der Waals surface area contributed by atoms with Crippen LogP contribution in [0, 0.1) is 3.57 Å². The molecule has 0 amide bonds. The van der Waals surface area contributed by atoms with Crippen LogP contribution in [0.3, 0.4) is 0 Å². The van der Waals surface area contributed by atoms with E-state index in [0.29, 0.717) is 3.57 Å². The summed E-state index contributed by atoms with van der Waals surface area (Å²) in [7, 11) is 0. The van der Waals surface area contributed by atoms with E-state index in [0.717, 1.165) is 12.1 Å². The van der Waals surface area contributed by atoms with E-state index in [4.69, 9.17) is 5.53 Å². The molecule has 1 rings (SSSR count). The summed E-state index contributed by atoms with van der Waals surface area (Å²) >= 11 is 1.80. The Bertz CT molecular complexity index is 396. The molecule has 0 radical (unpaired) electrons. The number of rotatable bonds is 1. The number of hydrogen-bond donors (Lipinski definition) is 0. The normalized spacial score (nSPS) is 10.9. The largest absolute Gasteiger partial charge is 0.416 e. The quantitative estimate of drug-likeness (QED) is 0.322. The van der Waals surface area contributed by atoms with Crippen LogP contribution in [-0.4, -0.2) is 0 Å². The summed E-state index contributed by atoms with van der Waals surface area (Å²) in [5, 5.41) is 3.15. The zero-order valence-corrected chi connectivity index (χ0v) is 8.74. The molecule has 0 aromatic heterocycles. The van der Waals surface area contributed by atoms with Gasteiger partial charge in [-0.2, -0.15) is 13.2 Å². The number of hydrogen-bond acceptors (Lipinski definition) is 1. The Morgan fingerprint density at radius 1 is 1.36 bits per heavy atom. The fraction of sp³-hybridized carbons (Fsp3) is 0.143. The van der Waals surface area contributed by atoms with Crippen LogP contribution in [0.25, 0.3) is 10.4 Å². The Morgan fingerprint density at radius 2 is 2.00 bits per heavy atom. The second kappa shape index (κ2) is 4.05. The summed E-state index contributed by atoms with van der Waals surface area (Å²) in [4.78, 5) is 2.44. The van der Waals surface area contributed by atoms with Crippen molar-refractivity contribution in [2.24, 2.45) is 5.11 Å². The lowest BCUT2D eigenvalue weighted by atomic mass is 10.2. The van der Waals surface area contributed by atoms with E-state index >= 15 is 0 Å². The van der Waals surface area contributed by atoms with E-state index in [1.165, 1.54) is 6.07 Å². The van der Waals surface area contributed by atoms with Gasteiger partial charge in [0.2, 0.25) is 0 Å². The first-order valence-electron chi connectivity index (χ1n) is 3.37. The standard InChI is InChI=1S/C7H3F3IN3/c8-7(9,10)4-1-2-5(11)6(3-4)13-14-12/h1-3H. The van der Waals surface area contributed by atoms with Crippen LogP contribution < -0.4 is 0 Å². The molecule has 0 spiro atoms. The molecule has 1 aromatic rings. The van der Waals surface area contributed by atoms with Crippen LogP contribution in [0.1, 0.15) is 5.56 Å². The Labute approximate surface area is 90.7 Å². The van der Waals surface area contributed by atoms with Gasteiger partial charge in [-0.25, -0.2) is 0 Å². The molecule has 0 heterocycles. The molecule has 0 N–H and O–H groups in total. The van der Waals surface area contributed by atoms with Crippen LogP contribution in [0.15, 0.2) is 23.3 Å². The number of alkyl halides is 3. The van der Waals surface area contributed by atoms with Crippen LogP contribution >= 0.6 is 22.6 Å². The van der Waals surface area contributed by atoms with E-state index in [9.17, 15) is 13.2 Å². The van der Waals surface area contributed by atoms with Crippen molar-refractivity contribution in [2.45, 2.75) is 6.18 Å². The topological polar surface area (TPSA) is 48.8 Å². The highest BCUT2D eigenvalue weighted by Crippen LogP contribution is 2.33. The molecular weight excluding hydrogens is 310 g/mol. The summed E-state index contributed by atoms with van der Waals surface area (Å²) in [6, 6.07) is 3.02. The van der Waals surface area contributed by atoms with Crippen LogP contribution in [-0.2, 0) is 6.18 Å². The molecule has 0 aliphatic carbocycles. The first kappa shape index (κ1) is 11.1. The van der Waals surface area contributed by atoms with Crippen molar-refractivity contribution in [1.82, 2.24) is 0 Å². The molecule has 0 fully saturated rings. The molecule has 74 valence electrons. The first-order valence-corrected chi connectivity index (χ1v) is 4.45. The van der Waals surface area contributed by atoms with Gasteiger partial charge in [0.25, 0.3) is 0 Å². The minimum absolute atomic E-state index is 0.0112. The lowest BCUT2D eigenvalue weighted by molar-refractivity contribution is -0.137. The molecular formula is C7H3F3IN3. The highest BCUT2D eigenvalue weighted by atomic mass is 127. The second-order valence-electron chi connectivity index (χ2n) is 2.35. The Kier molecular flexibility index (Phi) is 3.22. The predicted octanol–water partition coefficient (Wildman–Crippen LogP) is 4.25. The fourth-order valence-corrected chi connectivity index (χ4v) is 1.26. The van der Waals surface area contributed by atoms with Crippen molar-refractivity contribution >= 4 is 28.3 Å². The summed E-state index contributed by atoms with van der Waals surface area (Å²) < 4.78 is 37.1. The van der Waals surface area contributed by atoms with Crippen molar-refractivity contribution in [3.05, 3.63) is 37.8 Å². The number of benzene rings is 1. The average molecular weight is 313 g/mol. The maximum Gasteiger partial charge on any atom is 0.416 e. The van der Waals surface area contributed by atoms with Gasteiger partial charge in [-0.1, -0.05) is 5.11 Å². The fourth-order valence-electron chi connectivity index (χ4n) is 0.814. The smallest absolute Gasteiger partial charge is 0.166 e. The molecule has 14 heavy (non-hydrogen) atoms. The second-order valence-corrected chi connectivity index (χ2v) is 3.52. The summed E-state index contributed by atoms with van der Waals surface area (Å²) in [5.74, 6) is 0. The minimum atomic E-state index is -4.41. The van der Waals surface area contributed by atoms with Crippen LogP contribution in [0.5, 0.6) is 0 Å². The SMILES string of the molecule is [N-]=[N+]=Nc1cc(C(F)(F)F)ccc1I. The Morgan fingerprint density at radius 3 is 2.50 bits per heavy atom. The third-order valence-electron chi connectivity index (χ3n) is 1.43. The Balaban J connectivity index is 3.26. The van der Waals surface area contributed by atoms with Gasteiger partial charge in [-0.15, -0.1) is 0 Å². The number of halogens is 4. The van der Waals surface area contributed by atoms with Gasteiger partial charge in [-0.3, -0.25) is 0 Å². The molecule has 7 heteroatoms. The van der Waals surface area contributed by atoms with Crippen LogP contribution in [0.4, 0.5) is 18.9 Å². The minimum Gasteiger partial charge on any atom is -0.166 e. The lowest BCUT2D eigenvalue weighted by Gasteiger charge is -2.07. The molecule has 0 saturated carbocycles. The van der Waals surface area contributed by atoms with Crippen molar-refractivity contribution in [1.29, 1.82) is 0 Å². The first-order chi connectivity index (χ1) is 6.45. The van der Waals surface area contributed by atoms with Gasteiger partial charge in [-0.05, 0) is 46.3 Å². The molecule has 0 aliphatic rings. The molecule has 1 aromatic carbocycles. The zero-order chi connectivity index (χ0) is 10.8. The van der Waals surface area contributed by atoms with E-state index in [1.54, 1.807) is 22.6 Å². The lowest BCUT2D eigenvalue weighted by Crippen LogP contribution is -2.04. The van der Waals surface area contributed by atoms with Gasteiger partial charge >= 0.3 is 6.18 Å². The predicted molar refractivity (Wildman–Crippen MR) is 53.0 cm³/mol.